The largest absolute Gasteiger partial charge is 0.422 e. The summed E-state index contributed by atoms with van der Waals surface area (Å²) in [5.74, 6) is -0.256. The van der Waals surface area contributed by atoms with E-state index in [4.69, 9.17) is 10.2 Å². The Bertz CT molecular complexity index is 697. The fourth-order valence-electron chi connectivity index (χ4n) is 2.01. The Kier molecular flexibility index (Phi) is 5.93. The van der Waals surface area contributed by atoms with Crippen molar-refractivity contribution < 1.29 is 9.21 Å². The molecule has 0 bridgehead atoms. The molecule has 0 spiro atoms. The predicted molar refractivity (Wildman–Crippen MR) is 85.0 cm³/mol. The summed E-state index contributed by atoms with van der Waals surface area (Å²) in [7, 11) is 0. The van der Waals surface area contributed by atoms with E-state index in [1.807, 2.05) is 19.1 Å². The number of hydrogen-bond acceptors (Lipinski definition) is 4. The van der Waals surface area contributed by atoms with Gasteiger partial charge in [0.25, 0.3) is 5.91 Å². The van der Waals surface area contributed by atoms with Crippen molar-refractivity contribution >= 4 is 29.3 Å². The van der Waals surface area contributed by atoms with Crippen molar-refractivity contribution in [3.05, 3.63) is 45.8 Å². The van der Waals surface area contributed by atoms with Gasteiger partial charge in [0, 0.05) is 11.9 Å². The second-order valence-electron chi connectivity index (χ2n) is 4.94. The molecule has 0 saturated heterocycles. The lowest BCUT2D eigenvalue weighted by atomic mass is 10.1. The summed E-state index contributed by atoms with van der Waals surface area (Å²) in [6.45, 7) is 4.59. The number of benzene rings is 1. The summed E-state index contributed by atoms with van der Waals surface area (Å²) in [5, 5.41) is 3.48. The first kappa shape index (κ1) is 17.2. The highest BCUT2D eigenvalue weighted by Gasteiger charge is 2.18. The highest BCUT2D eigenvalue weighted by molar-refractivity contribution is 5.99. The molecule has 1 unspecified atom stereocenters. The molecule has 3 N–H and O–H groups in total. The van der Waals surface area contributed by atoms with E-state index in [0.29, 0.717) is 24.2 Å². The van der Waals surface area contributed by atoms with Crippen molar-refractivity contribution in [3.8, 4) is 0 Å². The van der Waals surface area contributed by atoms with Crippen LogP contribution in [0.4, 0.5) is 0 Å². The fourth-order valence-corrected chi connectivity index (χ4v) is 2.01. The van der Waals surface area contributed by atoms with Gasteiger partial charge in [-0.3, -0.25) is 4.79 Å². The lowest BCUT2D eigenvalue weighted by molar-refractivity contribution is 0.0944. The molecule has 2 aromatic rings. The Balaban J connectivity index is 0.00000220. The molecule has 0 fully saturated rings. The predicted octanol–water partition coefficient (Wildman–Crippen LogP) is 1.85. The standard InChI is InChI=1S/C15H18N2O3.ClH/c1-9(7-16)8-17-14(18)13-10(2)11-5-3-4-6-12(11)20-15(13)19;/h3-6,9H,7-8,16H2,1-2H3,(H,17,18);1H. The van der Waals surface area contributed by atoms with Gasteiger partial charge in [0.2, 0.25) is 0 Å². The van der Waals surface area contributed by atoms with Crippen LogP contribution in [0.25, 0.3) is 11.0 Å². The topological polar surface area (TPSA) is 85.3 Å². The average molecular weight is 311 g/mol. The highest BCUT2D eigenvalue weighted by Crippen LogP contribution is 2.18. The SMILES string of the molecule is Cc1c(C(=O)NCC(C)CN)c(=O)oc2ccccc12.Cl. The van der Waals surface area contributed by atoms with Gasteiger partial charge in [0.15, 0.2) is 0 Å². The molecule has 6 heteroatoms. The van der Waals surface area contributed by atoms with E-state index in [9.17, 15) is 9.59 Å². The number of carbonyl (C=O) groups excluding carboxylic acids is 1. The van der Waals surface area contributed by atoms with Crippen LogP contribution in [-0.4, -0.2) is 19.0 Å². The highest BCUT2D eigenvalue weighted by atomic mass is 35.5. The third-order valence-electron chi connectivity index (χ3n) is 3.31. The second kappa shape index (κ2) is 7.24. The average Bonchev–Trinajstić information content (AvgIpc) is 2.44. The maximum absolute atomic E-state index is 12.1. The number of rotatable bonds is 4. The summed E-state index contributed by atoms with van der Waals surface area (Å²) in [6.07, 6.45) is 0. The molecule has 1 atom stereocenters. The van der Waals surface area contributed by atoms with Crippen LogP contribution in [-0.2, 0) is 0 Å². The molecule has 0 radical (unpaired) electrons. The number of amides is 1. The van der Waals surface area contributed by atoms with E-state index in [1.165, 1.54) is 0 Å². The van der Waals surface area contributed by atoms with Gasteiger partial charge in [0.05, 0.1) is 0 Å². The van der Waals surface area contributed by atoms with Crippen LogP contribution in [0, 0.1) is 12.8 Å². The minimum atomic E-state index is -0.612. The molecule has 114 valence electrons. The Morgan fingerprint density at radius 3 is 2.71 bits per heavy atom. The quantitative estimate of drug-likeness (QED) is 0.844. The molecule has 0 saturated carbocycles. The van der Waals surface area contributed by atoms with E-state index >= 15 is 0 Å². The van der Waals surface area contributed by atoms with E-state index < -0.39 is 11.5 Å². The molecule has 0 aliphatic rings. The van der Waals surface area contributed by atoms with Crippen molar-refractivity contribution in [3.63, 3.8) is 0 Å². The molecule has 0 aliphatic carbocycles. The van der Waals surface area contributed by atoms with Gasteiger partial charge in [-0.2, -0.15) is 0 Å². The number of halogens is 1. The maximum atomic E-state index is 12.1. The molecule has 1 amide bonds. The Labute approximate surface area is 128 Å². The molecule has 5 nitrogen and oxygen atoms in total. The van der Waals surface area contributed by atoms with Crippen molar-refractivity contribution in [1.29, 1.82) is 0 Å². The summed E-state index contributed by atoms with van der Waals surface area (Å²) >= 11 is 0. The fraction of sp³-hybridized carbons (Fsp3) is 0.333. The van der Waals surface area contributed by atoms with Crippen LogP contribution >= 0.6 is 12.4 Å². The van der Waals surface area contributed by atoms with Crippen LogP contribution in [0.15, 0.2) is 33.5 Å². The zero-order chi connectivity index (χ0) is 14.7. The molecular formula is C15H19ClN2O3. The minimum Gasteiger partial charge on any atom is -0.422 e. The monoisotopic (exact) mass is 310 g/mol. The molecular weight excluding hydrogens is 292 g/mol. The van der Waals surface area contributed by atoms with Crippen molar-refractivity contribution in [2.45, 2.75) is 13.8 Å². The first-order valence-electron chi connectivity index (χ1n) is 6.55. The van der Waals surface area contributed by atoms with Gasteiger partial charge in [-0.1, -0.05) is 25.1 Å². The van der Waals surface area contributed by atoms with E-state index in [1.54, 1.807) is 19.1 Å². The number of aryl methyl sites for hydroxylation is 1. The van der Waals surface area contributed by atoms with Gasteiger partial charge in [-0.25, -0.2) is 4.79 Å². The first-order valence-corrected chi connectivity index (χ1v) is 6.55. The van der Waals surface area contributed by atoms with E-state index in [2.05, 4.69) is 5.32 Å². The normalized spacial score (nSPS) is 11.8. The summed E-state index contributed by atoms with van der Waals surface area (Å²) in [5.41, 5.74) is 6.07. The number of nitrogens with two attached hydrogens (primary N) is 1. The molecule has 2 rings (SSSR count). The molecule has 21 heavy (non-hydrogen) atoms. The van der Waals surface area contributed by atoms with Crippen molar-refractivity contribution in [2.24, 2.45) is 11.7 Å². The van der Waals surface area contributed by atoms with Gasteiger partial charge < -0.3 is 15.5 Å². The van der Waals surface area contributed by atoms with Crippen LogP contribution in [0.5, 0.6) is 0 Å². The third-order valence-corrected chi connectivity index (χ3v) is 3.31. The molecule has 1 aromatic carbocycles. The van der Waals surface area contributed by atoms with Crippen molar-refractivity contribution in [2.75, 3.05) is 13.1 Å². The zero-order valence-electron chi connectivity index (χ0n) is 12.0. The number of carbonyl (C=O) groups is 1. The van der Waals surface area contributed by atoms with Crippen LogP contribution in [0.3, 0.4) is 0 Å². The van der Waals surface area contributed by atoms with E-state index in [0.717, 1.165) is 5.39 Å². The molecule has 1 aromatic heterocycles. The van der Waals surface area contributed by atoms with Crippen LogP contribution in [0.1, 0.15) is 22.8 Å². The van der Waals surface area contributed by atoms with Gasteiger partial charge in [0.1, 0.15) is 11.1 Å². The lowest BCUT2D eigenvalue weighted by Crippen LogP contribution is -2.34. The van der Waals surface area contributed by atoms with Crippen LogP contribution < -0.4 is 16.7 Å². The smallest absolute Gasteiger partial charge is 0.349 e. The second-order valence-corrected chi connectivity index (χ2v) is 4.94. The number of para-hydroxylation sites is 1. The Morgan fingerprint density at radius 2 is 2.05 bits per heavy atom. The zero-order valence-corrected chi connectivity index (χ0v) is 12.8. The number of nitrogens with one attached hydrogen (secondary N) is 1. The summed E-state index contributed by atoms with van der Waals surface area (Å²) in [4.78, 5) is 24.1. The minimum absolute atomic E-state index is 0. The van der Waals surface area contributed by atoms with Gasteiger partial charge in [-0.15, -0.1) is 12.4 Å². The first-order chi connectivity index (χ1) is 9.54. The molecule has 1 heterocycles. The Hall–Kier alpha value is -1.85. The third kappa shape index (κ3) is 3.62. The molecule has 0 aliphatic heterocycles. The number of fused-ring (bicyclic) bond motifs is 1. The number of hydrogen-bond donors (Lipinski definition) is 2. The van der Waals surface area contributed by atoms with Gasteiger partial charge in [-0.05, 0) is 31.0 Å². The van der Waals surface area contributed by atoms with Crippen molar-refractivity contribution in [1.82, 2.24) is 5.32 Å². The summed E-state index contributed by atoms with van der Waals surface area (Å²) in [6, 6.07) is 7.16. The van der Waals surface area contributed by atoms with Crippen LogP contribution in [0.2, 0.25) is 0 Å². The Morgan fingerprint density at radius 1 is 1.38 bits per heavy atom. The van der Waals surface area contributed by atoms with E-state index in [-0.39, 0.29) is 23.9 Å². The summed E-state index contributed by atoms with van der Waals surface area (Å²) < 4.78 is 5.19. The maximum Gasteiger partial charge on any atom is 0.349 e. The lowest BCUT2D eigenvalue weighted by Gasteiger charge is -2.11. The van der Waals surface area contributed by atoms with Gasteiger partial charge >= 0.3 is 5.63 Å².